The van der Waals surface area contributed by atoms with E-state index in [0.717, 1.165) is 18.4 Å². The molecular formula is C13H19N3O3. The number of hydrogen-bond donors (Lipinski definition) is 3. The second-order valence-corrected chi connectivity index (χ2v) is 5.55. The second kappa shape index (κ2) is 4.61. The van der Waals surface area contributed by atoms with Crippen LogP contribution in [0, 0.1) is 12.3 Å². The van der Waals surface area contributed by atoms with Gasteiger partial charge in [0.2, 0.25) is 0 Å². The van der Waals surface area contributed by atoms with Crippen LogP contribution < -0.4 is 5.32 Å². The Kier molecular flexibility index (Phi) is 3.06. The normalized spacial score (nSPS) is 28.9. The van der Waals surface area contributed by atoms with E-state index in [9.17, 15) is 9.90 Å². The number of carbonyl (C=O) groups is 1. The molecule has 104 valence electrons. The summed E-state index contributed by atoms with van der Waals surface area (Å²) in [6, 6.07) is 0.0293. The second-order valence-electron chi connectivity index (χ2n) is 5.55. The maximum Gasteiger partial charge on any atom is 0.269 e. The first kappa shape index (κ1) is 12.6. The number of nitrogens with one attached hydrogen (secondary N) is 2. The Balaban J connectivity index is 1.70. The van der Waals surface area contributed by atoms with E-state index < -0.39 is 0 Å². The topological polar surface area (TPSA) is 87.2 Å². The number of aliphatic hydroxyl groups is 1. The highest BCUT2D eigenvalue weighted by atomic mass is 16.5. The van der Waals surface area contributed by atoms with Crippen LogP contribution in [0.1, 0.15) is 35.3 Å². The lowest BCUT2D eigenvalue weighted by Crippen LogP contribution is -2.65. The molecule has 1 saturated heterocycles. The minimum absolute atomic E-state index is 0.0293. The fraction of sp³-hybridized carbons (Fsp3) is 0.692. The molecule has 6 heteroatoms. The maximum atomic E-state index is 12.2. The van der Waals surface area contributed by atoms with Crippen LogP contribution in [0.4, 0.5) is 0 Å². The lowest BCUT2D eigenvalue weighted by Gasteiger charge is -2.55. The Morgan fingerprint density at radius 2 is 2.32 bits per heavy atom. The number of aromatic amines is 1. The smallest absolute Gasteiger partial charge is 0.269 e. The standard InChI is InChI=1S/C13H19N3O3/c1-8-7-14-16-11(8)12(18)15-9-6-10(17)13(9)2-4-19-5-3-13/h7,9-10,17H,2-6H2,1H3,(H,14,16)(H,15,18)/t9-,10-/m1/s1. The predicted molar refractivity (Wildman–Crippen MR) is 67.7 cm³/mol. The van der Waals surface area contributed by atoms with Crippen molar-refractivity contribution in [3.8, 4) is 0 Å². The fourth-order valence-corrected chi connectivity index (χ4v) is 3.21. The summed E-state index contributed by atoms with van der Waals surface area (Å²) in [5.41, 5.74) is 1.14. The molecule has 3 rings (SSSR count). The van der Waals surface area contributed by atoms with Crippen LogP contribution in [-0.2, 0) is 4.74 Å². The SMILES string of the molecule is Cc1cn[nH]c1C(=O)N[C@@H]1C[C@@H](O)C12CCOCC2. The van der Waals surface area contributed by atoms with Crippen molar-refractivity contribution in [2.24, 2.45) is 5.41 Å². The van der Waals surface area contributed by atoms with Gasteiger partial charge >= 0.3 is 0 Å². The van der Waals surface area contributed by atoms with Gasteiger partial charge in [-0.2, -0.15) is 5.10 Å². The van der Waals surface area contributed by atoms with E-state index >= 15 is 0 Å². The van der Waals surface area contributed by atoms with Crippen LogP contribution in [0.3, 0.4) is 0 Å². The average molecular weight is 265 g/mol. The van der Waals surface area contributed by atoms with Gasteiger partial charge in [-0.25, -0.2) is 0 Å². The largest absolute Gasteiger partial charge is 0.392 e. The Morgan fingerprint density at radius 1 is 1.58 bits per heavy atom. The summed E-state index contributed by atoms with van der Waals surface area (Å²) >= 11 is 0. The molecule has 1 aromatic rings. The number of aromatic nitrogens is 2. The maximum absolute atomic E-state index is 12.2. The first-order valence-corrected chi connectivity index (χ1v) is 6.70. The van der Waals surface area contributed by atoms with Gasteiger partial charge in [-0.1, -0.05) is 0 Å². The van der Waals surface area contributed by atoms with E-state index in [1.165, 1.54) is 0 Å². The minimum Gasteiger partial charge on any atom is -0.392 e. The number of amides is 1. The molecule has 2 heterocycles. The molecule has 1 aliphatic heterocycles. The predicted octanol–water partition coefficient (Wildman–Crippen LogP) is 0.378. The van der Waals surface area contributed by atoms with Crippen molar-refractivity contribution in [3.63, 3.8) is 0 Å². The number of ether oxygens (including phenoxy) is 1. The highest BCUT2D eigenvalue weighted by Crippen LogP contribution is 2.48. The number of hydrogen-bond acceptors (Lipinski definition) is 4. The van der Waals surface area contributed by atoms with Crippen molar-refractivity contribution in [1.82, 2.24) is 15.5 Å². The third kappa shape index (κ3) is 1.95. The summed E-state index contributed by atoms with van der Waals surface area (Å²) in [4.78, 5) is 12.2. The van der Waals surface area contributed by atoms with Crippen molar-refractivity contribution in [1.29, 1.82) is 0 Å². The van der Waals surface area contributed by atoms with Crippen LogP contribution in [0.15, 0.2) is 6.20 Å². The van der Waals surface area contributed by atoms with Gasteiger partial charge in [-0.15, -0.1) is 0 Å². The van der Waals surface area contributed by atoms with Crippen LogP contribution in [0.5, 0.6) is 0 Å². The highest BCUT2D eigenvalue weighted by Gasteiger charge is 2.55. The molecule has 3 N–H and O–H groups in total. The van der Waals surface area contributed by atoms with Crippen LogP contribution in [-0.4, -0.2) is 46.6 Å². The molecule has 2 fully saturated rings. The highest BCUT2D eigenvalue weighted by molar-refractivity contribution is 5.93. The zero-order valence-corrected chi connectivity index (χ0v) is 11.0. The zero-order chi connectivity index (χ0) is 13.5. The van der Waals surface area contributed by atoms with Crippen molar-refractivity contribution in [2.75, 3.05) is 13.2 Å². The van der Waals surface area contributed by atoms with E-state index in [-0.39, 0.29) is 23.5 Å². The number of nitrogens with zero attached hydrogens (tertiary/aromatic N) is 1. The first-order valence-electron chi connectivity index (χ1n) is 6.70. The molecule has 0 unspecified atom stereocenters. The van der Waals surface area contributed by atoms with E-state index in [1.807, 2.05) is 6.92 Å². The Morgan fingerprint density at radius 3 is 2.89 bits per heavy atom. The molecule has 1 spiro atoms. The summed E-state index contributed by atoms with van der Waals surface area (Å²) in [5.74, 6) is -0.141. The number of aliphatic hydroxyl groups excluding tert-OH is 1. The summed E-state index contributed by atoms with van der Waals surface area (Å²) < 4.78 is 5.35. The van der Waals surface area contributed by atoms with E-state index in [1.54, 1.807) is 6.20 Å². The minimum atomic E-state index is -0.329. The molecule has 1 saturated carbocycles. The monoisotopic (exact) mass is 265 g/mol. The number of aryl methyl sites for hydroxylation is 1. The summed E-state index contributed by atoms with van der Waals surface area (Å²) in [7, 11) is 0. The molecular weight excluding hydrogens is 246 g/mol. The molecule has 2 atom stereocenters. The average Bonchev–Trinajstić information content (AvgIpc) is 2.85. The Hall–Kier alpha value is -1.40. The summed E-state index contributed by atoms with van der Waals surface area (Å²) in [6.07, 6.45) is 3.54. The molecule has 1 amide bonds. The molecule has 0 aromatic carbocycles. The van der Waals surface area contributed by atoms with Crippen LogP contribution >= 0.6 is 0 Å². The molecule has 2 aliphatic rings. The van der Waals surface area contributed by atoms with Crippen molar-refractivity contribution < 1.29 is 14.6 Å². The van der Waals surface area contributed by atoms with Crippen molar-refractivity contribution >= 4 is 5.91 Å². The van der Waals surface area contributed by atoms with E-state index in [2.05, 4.69) is 15.5 Å². The van der Waals surface area contributed by atoms with Crippen LogP contribution in [0.2, 0.25) is 0 Å². The van der Waals surface area contributed by atoms with Gasteiger partial charge in [-0.05, 0) is 31.7 Å². The number of rotatable bonds is 2. The third-order valence-corrected chi connectivity index (χ3v) is 4.60. The lowest BCUT2D eigenvalue weighted by molar-refractivity contribution is -0.145. The Bertz CT molecular complexity index is 479. The third-order valence-electron chi connectivity index (χ3n) is 4.60. The number of H-pyrrole nitrogens is 1. The van der Waals surface area contributed by atoms with E-state index in [0.29, 0.717) is 25.3 Å². The van der Waals surface area contributed by atoms with E-state index in [4.69, 9.17) is 4.74 Å². The number of carbonyl (C=O) groups excluding carboxylic acids is 1. The van der Waals surface area contributed by atoms with Gasteiger partial charge in [0.15, 0.2) is 0 Å². The van der Waals surface area contributed by atoms with Gasteiger partial charge < -0.3 is 15.2 Å². The quantitative estimate of drug-likeness (QED) is 0.721. The molecule has 0 radical (unpaired) electrons. The van der Waals surface area contributed by atoms with Gasteiger partial charge in [-0.3, -0.25) is 9.89 Å². The molecule has 1 aliphatic carbocycles. The van der Waals surface area contributed by atoms with Gasteiger partial charge in [0.25, 0.3) is 5.91 Å². The first-order chi connectivity index (χ1) is 9.13. The molecule has 19 heavy (non-hydrogen) atoms. The summed E-state index contributed by atoms with van der Waals surface area (Å²) in [5, 5.41) is 19.7. The van der Waals surface area contributed by atoms with Crippen LogP contribution in [0.25, 0.3) is 0 Å². The van der Waals surface area contributed by atoms with Crippen molar-refractivity contribution in [3.05, 3.63) is 17.5 Å². The molecule has 0 bridgehead atoms. The lowest BCUT2D eigenvalue weighted by atomic mass is 9.58. The molecule has 1 aromatic heterocycles. The van der Waals surface area contributed by atoms with Gasteiger partial charge in [0, 0.05) is 24.7 Å². The zero-order valence-electron chi connectivity index (χ0n) is 11.0. The Labute approximate surface area is 111 Å². The summed E-state index contributed by atoms with van der Waals surface area (Å²) in [6.45, 7) is 3.16. The van der Waals surface area contributed by atoms with Crippen molar-refractivity contribution in [2.45, 2.75) is 38.3 Å². The van der Waals surface area contributed by atoms with Gasteiger partial charge in [0.05, 0.1) is 12.3 Å². The fourth-order valence-electron chi connectivity index (χ4n) is 3.21. The molecule has 6 nitrogen and oxygen atoms in total. The van der Waals surface area contributed by atoms with Gasteiger partial charge in [0.1, 0.15) is 5.69 Å².